The highest BCUT2D eigenvalue weighted by Gasteiger charge is 2.36. The monoisotopic (exact) mass is 280 g/mol. The lowest BCUT2D eigenvalue weighted by molar-refractivity contribution is 0.121. The lowest BCUT2D eigenvalue weighted by Gasteiger charge is -2.25. The average Bonchev–Trinajstić information content (AvgIpc) is 2.40. The molecule has 0 atom stereocenters. The summed E-state index contributed by atoms with van der Waals surface area (Å²) in [6, 6.07) is 0.764. The van der Waals surface area contributed by atoms with Crippen molar-refractivity contribution >= 4 is 8.80 Å². The maximum atomic E-state index is 5.86. The van der Waals surface area contributed by atoms with Crippen LogP contribution < -0.4 is 16.9 Å². The van der Waals surface area contributed by atoms with Crippen molar-refractivity contribution in [1.29, 1.82) is 0 Å². The van der Waals surface area contributed by atoms with Gasteiger partial charge in [0.1, 0.15) is 0 Å². The lowest BCUT2D eigenvalue weighted by atomic mass is 10.4. The van der Waals surface area contributed by atoms with Crippen LogP contribution >= 0.6 is 0 Å². The number of hydrazine groups is 1. The van der Waals surface area contributed by atoms with Crippen LogP contribution in [0.2, 0.25) is 6.04 Å². The standard InChI is InChI=1S/C10H28N4O3Si/c1-15-18(16-2,17-3)10-4-8-14(12)9-7-13-6-5-11/h13H,4-12H2,1-3H3. The molecule has 0 saturated heterocycles. The molecule has 0 aliphatic heterocycles. The number of rotatable bonds is 12. The molecule has 0 spiro atoms. The number of nitrogens with one attached hydrogen (secondary N) is 1. The zero-order valence-electron chi connectivity index (χ0n) is 11.8. The Balaban J connectivity index is 3.68. The van der Waals surface area contributed by atoms with Crippen molar-refractivity contribution in [2.24, 2.45) is 11.6 Å². The fourth-order valence-corrected chi connectivity index (χ4v) is 3.32. The van der Waals surface area contributed by atoms with E-state index in [1.807, 2.05) is 0 Å². The Kier molecular flexibility index (Phi) is 10.8. The third kappa shape index (κ3) is 7.39. The van der Waals surface area contributed by atoms with Crippen molar-refractivity contribution in [2.45, 2.75) is 12.5 Å². The molecule has 18 heavy (non-hydrogen) atoms. The van der Waals surface area contributed by atoms with Gasteiger partial charge in [0, 0.05) is 60.1 Å². The molecule has 0 aromatic heterocycles. The molecule has 0 unspecified atom stereocenters. The second-order valence-electron chi connectivity index (χ2n) is 3.97. The molecule has 0 bridgehead atoms. The van der Waals surface area contributed by atoms with Gasteiger partial charge in [-0.1, -0.05) is 0 Å². The number of nitrogens with zero attached hydrogens (tertiary/aromatic N) is 1. The molecule has 0 aliphatic carbocycles. The molecular formula is C10H28N4O3Si. The quantitative estimate of drug-likeness (QED) is 0.182. The van der Waals surface area contributed by atoms with Crippen LogP contribution in [0.15, 0.2) is 0 Å². The molecule has 0 rings (SSSR count). The lowest BCUT2D eigenvalue weighted by Crippen LogP contribution is -2.44. The number of hydrogen-bond acceptors (Lipinski definition) is 7. The smallest absolute Gasteiger partial charge is 0.377 e. The van der Waals surface area contributed by atoms with Gasteiger partial charge in [-0.25, -0.2) is 5.01 Å². The van der Waals surface area contributed by atoms with E-state index in [4.69, 9.17) is 24.9 Å². The molecule has 110 valence electrons. The molecule has 0 aromatic carbocycles. The van der Waals surface area contributed by atoms with Crippen molar-refractivity contribution in [3.05, 3.63) is 0 Å². The van der Waals surface area contributed by atoms with Gasteiger partial charge in [-0.3, -0.25) is 5.84 Å². The maximum Gasteiger partial charge on any atom is 0.500 e. The van der Waals surface area contributed by atoms with Crippen LogP contribution in [0.25, 0.3) is 0 Å². The summed E-state index contributed by atoms with van der Waals surface area (Å²) in [7, 11) is 2.42. The highest BCUT2D eigenvalue weighted by atomic mass is 28.4. The summed E-state index contributed by atoms with van der Waals surface area (Å²) in [5, 5.41) is 4.98. The normalized spacial score (nSPS) is 12.3. The van der Waals surface area contributed by atoms with Crippen LogP contribution in [-0.4, -0.2) is 67.9 Å². The van der Waals surface area contributed by atoms with Gasteiger partial charge in [0.25, 0.3) is 0 Å². The molecule has 0 saturated carbocycles. The minimum atomic E-state index is -2.44. The van der Waals surface area contributed by atoms with Crippen LogP contribution in [0.4, 0.5) is 0 Å². The Morgan fingerprint density at radius 2 is 1.67 bits per heavy atom. The largest absolute Gasteiger partial charge is 0.500 e. The van der Waals surface area contributed by atoms with E-state index in [0.717, 1.165) is 38.6 Å². The summed E-state index contributed by atoms with van der Waals surface area (Å²) in [6.07, 6.45) is 0.884. The van der Waals surface area contributed by atoms with E-state index in [0.29, 0.717) is 6.54 Å². The predicted molar refractivity (Wildman–Crippen MR) is 73.9 cm³/mol. The number of hydrogen-bond donors (Lipinski definition) is 3. The first-order valence-electron chi connectivity index (χ1n) is 6.20. The maximum absolute atomic E-state index is 5.86. The van der Waals surface area contributed by atoms with Crippen molar-refractivity contribution < 1.29 is 13.3 Å². The summed E-state index contributed by atoms with van der Waals surface area (Å²) >= 11 is 0. The van der Waals surface area contributed by atoms with E-state index in [1.54, 1.807) is 26.3 Å². The highest BCUT2D eigenvalue weighted by molar-refractivity contribution is 6.60. The zero-order valence-corrected chi connectivity index (χ0v) is 12.8. The topological polar surface area (TPSA) is 95.0 Å². The molecule has 5 N–H and O–H groups in total. The summed E-state index contributed by atoms with van der Waals surface area (Å²) in [4.78, 5) is 0. The Bertz CT molecular complexity index is 188. The Hall–Kier alpha value is -0.0631. The van der Waals surface area contributed by atoms with Crippen molar-refractivity contribution in [3.8, 4) is 0 Å². The third-order valence-corrected chi connectivity index (χ3v) is 5.59. The van der Waals surface area contributed by atoms with E-state index in [9.17, 15) is 0 Å². The van der Waals surface area contributed by atoms with Crippen molar-refractivity contribution in [2.75, 3.05) is 54.1 Å². The average molecular weight is 280 g/mol. The first-order valence-corrected chi connectivity index (χ1v) is 8.13. The molecule has 0 aliphatic rings. The molecule has 0 amide bonds. The second-order valence-corrected chi connectivity index (χ2v) is 7.06. The van der Waals surface area contributed by atoms with Gasteiger partial charge < -0.3 is 24.3 Å². The summed E-state index contributed by atoms with van der Waals surface area (Å²) in [5.74, 6) is 5.86. The summed E-state index contributed by atoms with van der Waals surface area (Å²) in [6.45, 7) is 3.89. The second kappa shape index (κ2) is 10.8. The zero-order chi connectivity index (χ0) is 13.9. The number of nitrogens with two attached hydrogens (primary N) is 2. The van der Waals surface area contributed by atoms with Crippen LogP contribution in [0.5, 0.6) is 0 Å². The molecular weight excluding hydrogens is 252 g/mol. The van der Waals surface area contributed by atoms with Gasteiger partial charge in [0.05, 0.1) is 0 Å². The van der Waals surface area contributed by atoms with Crippen LogP contribution in [-0.2, 0) is 13.3 Å². The molecule has 0 fully saturated rings. The van der Waals surface area contributed by atoms with Gasteiger partial charge in [0.15, 0.2) is 0 Å². The Morgan fingerprint density at radius 3 is 2.17 bits per heavy atom. The van der Waals surface area contributed by atoms with Gasteiger partial charge >= 0.3 is 8.80 Å². The van der Waals surface area contributed by atoms with Gasteiger partial charge in [0.2, 0.25) is 0 Å². The van der Waals surface area contributed by atoms with E-state index < -0.39 is 8.80 Å². The molecule has 0 radical (unpaired) electrons. The van der Waals surface area contributed by atoms with Crippen molar-refractivity contribution in [3.63, 3.8) is 0 Å². The van der Waals surface area contributed by atoms with Crippen LogP contribution in [0, 0.1) is 0 Å². The van der Waals surface area contributed by atoms with Crippen LogP contribution in [0.1, 0.15) is 6.42 Å². The minimum absolute atomic E-state index is 0.647. The first-order chi connectivity index (χ1) is 8.64. The molecule has 0 heterocycles. The third-order valence-electron chi connectivity index (χ3n) is 2.76. The van der Waals surface area contributed by atoms with Crippen molar-refractivity contribution in [1.82, 2.24) is 10.3 Å². The fourth-order valence-electron chi connectivity index (χ4n) is 1.62. The van der Waals surface area contributed by atoms with E-state index in [-0.39, 0.29) is 0 Å². The summed E-state index contributed by atoms with van der Waals surface area (Å²) in [5.41, 5.74) is 5.37. The first kappa shape index (κ1) is 17.9. The Morgan fingerprint density at radius 1 is 1.06 bits per heavy atom. The minimum Gasteiger partial charge on any atom is -0.377 e. The van der Waals surface area contributed by atoms with Gasteiger partial charge in [-0.05, 0) is 6.42 Å². The van der Waals surface area contributed by atoms with E-state index in [2.05, 4.69) is 5.32 Å². The Labute approximate surface area is 111 Å². The predicted octanol–water partition coefficient (Wildman–Crippen LogP) is -1.02. The molecule has 0 aromatic rings. The molecule has 8 heteroatoms. The molecule has 7 nitrogen and oxygen atoms in total. The van der Waals surface area contributed by atoms with Gasteiger partial charge in [-0.2, -0.15) is 0 Å². The summed E-state index contributed by atoms with van der Waals surface area (Å²) < 4.78 is 16.0. The SMILES string of the molecule is CO[Si](CCCN(N)CCNCCN)(OC)OC. The van der Waals surface area contributed by atoms with E-state index >= 15 is 0 Å². The highest BCUT2D eigenvalue weighted by Crippen LogP contribution is 2.14. The van der Waals surface area contributed by atoms with E-state index in [1.165, 1.54) is 0 Å². The van der Waals surface area contributed by atoms with Crippen LogP contribution in [0.3, 0.4) is 0 Å². The fraction of sp³-hybridized carbons (Fsp3) is 1.00. The van der Waals surface area contributed by atoms with Gasteiger partial charge in [-0.15, -0.1) is 0 Å².